The van der Waals surface area contributed by atoms with Crippen molar-refractivity contribution >= 4 is 0 Å². The highest BCUT2D eigenvalue weighted by Gasteiger charge is 2.50. The van der Waals surface area contributed by atoms with Crippen molar-refractivity contribution in [1.29, 1.82) is 0 Å². The Morgan fingerprint density at radius 2 is 2.16 bits per heavy atom. The van der Waals surface area contributed by atoms with Crippen molar-refractivity contribution in [2.24, 2.45) is 23.2 Å². The maximum atomic E-state index is 9.51. The molecule has 2 aliphatic carbocycles. The molecule has 2 nitrogen and oxygen atoms in total. The van der Waals surface area contributed by atoms with Crippen LogP contribution in [-0.4, -0.2) is 24.9 Å². The summed E-state index contributed by atoms with van der Waals surface area (Å²) < 4.78 is 5.41. The number of rotatable bonds is 4. The SMILES string of the molecule is COC(C)C=C1CCC[C@@]2(C)C1CC[C@@H]2[C@H](C)CO. The van der Waals surface area contributed by atoms with Gasteiger partial charge in [0.25, 0.3) is 0 Å². The van der Waals surface area contributed by atoms with Crippen LogP contribution in [0.15, 0.2) is 11.6 Å². The van der Waals surface area contributed by atoms with Crippen LogP contribution in [0.2, 0.25) is 0 Å². The highest BCUT2D eigenvalue weighted by Crippen LogP contribution is 2.59. The summed E-state index contributed by atoms with van der Waals surface area (Å²) in [5.74, 6) is 1.84. The van der Waals surface area contributed by atoms with Gasteiger partial charge in [0, 0.05) is 13.7 Å². The van der Waals surface area contributed by atoms with Gasteiger partial charge in [0.2, 0.25) is 0 Å². The molecule has 0 bridgehead atoms. The van der Waals surface area contributed by atoms with Crippen LogP contribution < -0.4 is 0 Å². The second kappa shape index (κ2) is 5.97. The van der Waals surface area contributed by atoms with E-state index < -0.39 is 0 Å². The predicted octanol–water partition coefficient (Wildman–Crippen LogP) is 3.79. The Morgan fingerprint density at radius 3 is 2.79 bits per heavy atom. The molecule has 2 fully saturated rings. The third-order valence-electron chi connectivity index (χ3n) is 5.83. The minimum atomic E-state index is 0.228. The van der Waals surface area contributed by atoms with Gasteiger partial charge < -0.3 is 9.84 Å². The smallest absolute Gasteiger partial charge is 0.0726 e. The minimum Gasteiger partial charge on any atom is -0.396 e. The standard InChI is InChI=1S/C17H30O2/c1-12(11-18)15-7-8-16-14(10-13(2)19-4)6-5-9-17(15,16)3/h10,12-13,15-16,18H,5-9,11H2,1-4H3/t12-,13?,15-,16?,17-/m1/s1. The Labute approximate surface area is 118 Å². The fraction of sp³-hybridized carbons (Fsp3) is 0.882. The first-order chi connectivity index (χ1) is 9.02. The first-order valence-corrected chi connectivity index (χ1v) is 7.87. The molecule has 1 N–H and O–H groups in total. The Hall–Kier alpha value is -0.340. The Kier molecular flexibility index (Phi) is 4.73. The minimum absolute atomic E-state index is 0.228. The van der Waals surface area contributed by atoms with Crippen LogP contribution in [0.5, 0.6) is 0 Å². The molecule has 2 heteroatoms. The van der Waals surface area contributed by atoms with Crippen LogP contribution >= 0.6 is 0 Å². The Bertz CT molecular complexity index is 336. The second-order valence-electron chi connectivity index (χ2n) is 6.94. The van der Waals surface area contributed by atoms with E-state index in [1.165, 1.54) is 32.1 Å². The van der Waals surface area contributed by atoms with E-state index in [2.05, 4.69) is 26.8 Å². The number of fused-ring (bicyclic) bond motifs is 1. The third-order valence-corrected chi connectivity index (χ3v) is 5.83. The predicted molar refractivity (Wildman–Crippen MR) is 79.0 cm³/mol. The van der Waals surface area contributed by atoms with E-state index in [-0.39, 0.29) is 6.10 Å². The average Bonchev–Trinajstić information content (AvgIpc) is 2.76. The van der Waals surface area contributed by atoms with Crippen molar-refractivity contribution in [3.8, 4) is 0 Å². The van der Waals surface area contributed by atoms with Crippen molar-refractivity contribution in [2.75, 3.05) is 13.7 Å². The van der Waals surface area contributed by atoms with E-state index in [0.717, 1.165) is 5.92 Å². The molecule has 0 saturated heterocycles. The lowest BCUT2D eigenvalue weighted by atomic mass is 9.61. The van der Waals surface area contributed by atoms with Crippen molar-refractivity contribution in [3.63, 3.8) is 0 Å². The van der Waals surface area contributed by atoms with Crippen LogP contribution in [0.4, 0.5) is 0 Å². The summed E-state index contributed by atoms with van der Waals surface area (Å²) in [5, 5.41) is 9.51. The summed E-state index contributed by atoms with van der Waals surface area (Å²) in [7, 11) is 1.79. The first kappa shape index (κ1) is 15.1. The zero-order chi connectivity index (χ0) is 14.0. The van der Waals surface area contributed by atoms with Crippen LogP contribution in [0.25, 0.3) is 0 Å². The number of aliphatic hydroxyl groups excluding tert-OH is 1. The van der Waals surface area contributed by atoms with Gasteiger partial charge in [-0.25, -0.2) is 0 Å². The molecular formula is C17H30O2. The monoisotopic (exact) mass is 266 g/mol. The molecule has 5 atom stereocenters. The van der Waals surface area contributed by atoms with Gasteiger partial charge in [0.15, 0.2) is 0 Å². The Morgan fingerprint density at radius 1 is 1.42 bits per heavy atom. The lowest BCUT2D eigenvalue weighted by molar-refractivity contribution is 0.0676. The largest absolute Gasteiger partial charge is 0.396 e. The van der Waals surface area contributed by atoms with Crippen molar-refractivity contribution < 1.29 is 9.84 Å². The summed E-state index contributed by atoms with van der Waals surface area (Å²) in [5.41, 5.74) is 2.02. The molecule has 0 aromatic heterocycles. The molecule has 19 heavy (non-hydrogen) atoms. The summed E-state index contributed by atoms with van der Waals surface area (Å²) in [6, 6.07) is 0. The van der Waals surface area contributed by atoms with Crippen molar-refractivity contribution in [1.82, 2.24) is 0 Å². The first-order valence-electron chi connectivity index (χ1n) is 7.87. The van der Waals surface area contributed by atoms with E-state index in [0.29, 0.717) is 23.9 Å². The van der Waals surface area contributed by atoms with E-state index in [1.54, 1.807) is 12.7 Å². The molecule has 0 heterocycles. The highest BCUT2D eigenvalue weighted by atomic mass is 16.5. The third kappa shape index (κ3) is 2.75. The van der Waals surface area contributed by atoms with Crippen LogP contribution in [-0.2, 0) is 4.74 Å². The van der Waals surface area contributed by atoms with Gasteiger partial charge in [0.05, 0.1) is 6.10 Å². The summed E-state index contributed by atoms with van der Waals surface area (Å²) in [6.45, 7) is 7.14. The van der Waals surface area contributed by atoms with Gasteiger partial charge in [-0.1, -0.05) is 25.5 Å². The molecule has 2 saturated carbocycles. The van der Waals surface area contributed by atoms with Crippen molar-refractivity contribution in [2.45, 2.75) is 59.0 Å². The van der Waals surface area contributed by atoms with E-state index >= 15 is 0 Å². The zero-order valence-corrected chi connectivity index (χ0v) is 13.0. The zero-order valence-electron chi connectivity index (χ0n) is 13.0. The number of hydrogen-bond acceptors (Lipinski definition) is 2. The number of methoxy groups -OCH3 is 1. The quantitative estimate of drug-likeness (QED) is 0.784. The lowest BCUT2D eigenvalue weighted by Gasteiger charge is -2.44. The highest BCUT2D eigenvalue weighted by molar-refractivity contribution is 5.19. The molecular weight excluding hydrogens is 236 g/mol. The molecule has 2 rings (SSSR count). The molecule has 0 spiro atoms. The molecule has 0 amide bonds. The topological polar surface area (TPSA) is 29.5 Å². The molecule has 0 radical (unpaired) electrons. The van der Waals surface area contributed by atoms with E-state index in [9.17, 15) is 5.11 Å². The number of aliphatic hydroxyl groups is 1. The van der Waals surface area contributed by atoms with Crippen LogP contribution in [0, 0.1) is 23.2 Å². The molecule has 0 aromatic rings. The maximum Gasteiger partial charge on any atom is 0.0726 e. The molecule has 2 aliphatic rings. The maximum absolute atomic E-state index is 9.51. The number of ether oxygens (including phenoxy) is 1. The van der Waals surface area contributed by atoms with Gasteiger partial charge in [0.1, 0.15) is 0 Å². The van der Waals surface area contributed by atoms with Gasteiger partial charge in [-0.15, -0.1) is 0 Å². The van der Waals surface area contributed by atoms with Crippen molar-refractivity contribution in [3.05, 3.63) is 11.6 Å². The summed E-state index contributed by atoms with van der Waals surface area (Å²) >= 11 is 0. The van der Waals surface area contributed by atoms with Gasteiger partial charge >= 0.3 is 0 Å². The van der Waals surface area contributed by atoms with E-state index in [4.69, 9.17) is 4.74 Å². The summed E-state index contributed by atoms with van der Waals surface area (Å²) in [6.07, 6.45) is 9.03. The van der Waals surface area contributed by atoms with Crippen LogP contribution in [0.1, 0.15) is 52.9 Å². The van der Waals surface area contributed by atoms with Crippen LogP contribution in [0.3, 0.4) is 0 Å². The normalized spacial score (nSPS) is 40.2. The Balaban J connectivity index is 2.21. The number of hydrogen-bond donors (Lipinski definition) is 1. The second-order valence-corrected chi connectivity index (χ2v) is 6.94. The fourth-order valence-electron chi connectivity index (χ4n) is 4.71. The molecule has 0 aliphatic heterocycles. The van der Waals surface area contributed by atoms with Gasteiger partial charge in [-0.05, 0) is 62.2 Å². The summed E-state index contributed by atoms with van der Waals surface area (Å²) in [4.78, 5) is 0. The molecule has 0 aromatic carbocycles. The molecule has 2 unspecified atom stereocenters. The fourth-order valence-corrected chi connectivity index (χ4v) is 4.71. The number of allylic oxidation sites excluding steroid dienone is 1. The average molecular weight is 266 g/mol. The molecule has 110 valence electrons. The van der Waals surface area contributed by atoms with Gasteiger partial charge in [-0.3, -0.25) is 0 Å². The van der Waals surface area contributed by atoms with Gasteiger partial charge in [-0.2, -0.15) is 0 Å². The lowest BCUT2D eigenvalue weighted by Crippen LogP contribution is -2.37. The van der Waals surface area contributed by atoms with E-state index in [1.807, 2.05) is 0 Å².